The maximum absolute atomic E-state index is 11.5. The molecule has 8 heteroatoms. The molecule has 1 aliphatic rings. The number of benzene rings is 1. The first-order valence-electron chi connectivity index (χ1n) is 7.52. The van der Waals surface area contributed by atoms with Gasteiger partial charge in [0, 0.05) is 17.4 Å². The van der Waals surface area contributed by atoms with Gasteiger partial charge in [-0.3, -0.25) is 9.56 Å². The number of thiazole rings is 1. The zero-order valence-electron chi connectivity index (χ0n) is 13.3. The summed E-state index contributed by atoms with van der Waals surface area (Å²) >= 11 is 7.99. The monoisotopic (exact) mass is 391 g/mol. The molecule has 2 heterocycles. The van der Waals surface area contributed by atoms with Crippen LogP contribution >= 0.6 is 35.3 Å². The number of rotatable bonds is 6. The van der Waals surface area contributed by atoms with Gasteiger partial charge in [-0.05, 0) is 42.8 Å². The van der Waals surface area contributed by atoms with Crippen molar-refractivity contribution in [1.29, 1.82) is 0 Å². The summed E-state index contributed by atoms with van der Waals surface area (Å²) in [6, 6.07) is 6.71. The molecule has 0 fully saturated rings. The summed E-state index contributed by atoms with van der Waals surface area (Å²) in [5.41, 5.74) is 2.68. The number of aromatic hydroxyl groups is 1. The van der Waals surface area contributed by atoms with Crippen LogP contribution in [0.5, 0.6) is 5.88 Å². The first kappa shape index (κ1) is 17.9. The Morgan fingerprint density at radius 1 is 1.52 bits per heavy atom. The molecule has 0 spiro atoms. The maximum Gasteiger partial charge on any atom is 0.211 e. The first-order chi connectivity index (χ1) is 12.0. The number of aromatic nitrogens is 1. The largest absolute Gasteiger partial charge is 0.548 e. The number of fused-ring (bicyclic) bond motifs is 1. The Labute approximate surface area is 158 Å². The van der Waals surface area contributed by atoms with Crippen molar-refractivity contribution in [3.8, 4) is 5.88 Å². The van der Waals surface area contributed by atoms with Gasteiger partial charge in [0.1, 0.15) is 0 Å². The van der Waals surface area contributed by atoms with Gasteiger partial charge in [-0.15, -0.1) is 11.3 Å². The number of carboxylic acid groups (broad SMARTS) is 1. The molecule has 1 aromatic heterocycles. The summed E-state index contributed by atoms with van der Waals surface area (Å²) in [5, 5.41) is 22.1. The minimum Gasteiger partial charge on any atom is -0.548 e. The van der Waals surface area contributed by atoms with Gasteiger partial charge in [0.15, 0.2) is 3.95 Å². The number of carboxylic acids is 1. The van der Waals surface area contributed by atoms with Crippen LogP contribution in [0.4, 0.5) is 5.69 Å². The molecule has 0 saturated heterocycles. The van der Waals surface area contributed by atoms with Crippen molar-refractivity contribution in [3.63, 3.8) is 0 Å². The third-order valence-electron chi connectivity index (χ3n) is 3.87. The van der Waals surface area contributed by atoms with Gasteiger partial charge in [-0.25, -0.2) is 0 Å². The molecule has 1 atom stereocenters. The molecule has 0 amide bonds. The standard InChI is InChI=1S/C17H16N2O3S3/c1-24-7-6-13(16(21)22)19-15(20)14(25-17(19)23)8-10-9-18-12-5-3-2-4-11(10)12/h2-5,8-9,13,20H,6-7H2,1H3,(H,21,22)/p-1/b10-8+/t13-/m1/s1. The number of allylic oxidation sites excluding steroid dienone is 1. The van der Waals surface area contributed by atoms with Crippen molar-refractivity contribution in [2.75, 3.05) is 12.0 Å². The van der Waals surface area contributed by atoms with Gasteiger partial charge in [0.25, 0.3) is 0 Å². The number of para-hydroxylation sites is 1. The highest BCUT2D eigenvalue weighted by Gasteiger charge is 2.21. The van der Waals surface area contributed by atoms with E-state index in [0.29, 0.717) is 21.0 Å². The van der Waals surface area contributed by atoms with E-state index in [0.717, 1.165) is 16.8 Å². The first-order valence-corrected chi connectivity index (χ1v) is 10.1. The molecule has 0 aliphatic carbocycles. The molecular weight excluding hydrogens is 376 g/mol. The molecule has 3 rings (SSSR count). The lowest BCUT2D eigenvalue weighted by Gasteiger charge is -2.20. The highest BCUT2D eigenvalue weighted by molar-refractivity contribution is 7.98. The molecular formula is C17H15N2O3S3-. The van der Waals surface area contributed by atoms with Gasteiger partial charge >= 0.3 is 0 Å². The zero-order valence-corrected chi connectivity index (χ0v) is 15.8. The Balaban J connectivity index is 2.01. The predicted octanol–water partition coefficient (Wildman–Crippen LogP) is 3.29. The summed E-state index contributed by atoms with van der Waals surface area (Å²) in [6.45, 7) is 0. The molecule has 0 unspecified atom stereocenters. The lowest BCUT2D eigenvalue weighted by molar-refractivity contribution is -0.310. The van der Waals surface area contributed by atoms with Gasteiger partial charge < -0.3 is 15.0 Å². The van der Waals surface area contributed by atoms with Gasteiger partial charge in [-0.2, -0.15) is 11.8 Å². The Morgan fingerprint density at radius 3 is 3.00 bits per heavy atom. The lowest BCUT2D eigenvalue weighted by Crippen LogP contribution is -2.33. The number of thioether (sulfide) groups is 1. The minimum atomic E-state index is -1.25. The number of nitrogens with zero attached hydrogens (tertiary/aromatic N) is 2. The fraction of sp³-hybridized carbons (Fsp3) is 0.235. The van der Waals surface area contributed by atoms with Gasteiger partial charge in [0.2, 0.25) is 5.88 Å². The van der Waals surface area contributed by atoms with E-state index in [1.165, 1.54) is 27.7 Å². The number of hydrogen-bond acceptors (Lipinski definition) is 7. The topological polar surface area (TPSA) is 77.6 Å². The number of aliphatic imine (C=N–C) groups is 1. The Bertz CT molecular complexity index is 927. The van der Waals surface area contributed by atoms with E-state index in [-0.39, 0.29) is 5.88 Å². The Kier molecular flexibility index (Phi) is 5.41. The normalized spacial score (nSPS) is 15.5. The molecule has 1 aromatic carbocycles. The molecule has 5 nitrogen and oxygen atoms in total. The molecule has 130 valence electrons. The van der Waals surface area contributed by atoms with E-state index in [9.17, 15) is 15.0 Å². The van der Waals surface area contributed by atoms with Crippen molar-refractivity contribution >= 4 is 64.8 Å². The summed E-state index contributed by atoms with van der Waals surface area (Å²) in [5.74, 6) is -0.757. The SMILES string of the molecule is CSCC[C@H](C(=O)[O-])n1c(O)c(/C=C2\C=Nc3ccccc32)sc1=S. The van der Waals surface area contributed by atoms with E-state index in [1.807, 2.05) is 30.5 Å². The molecule has 0 radical (unpaired) electrons. The van der Waals surface area contributed by atoms with Crippen LogP contribution in [0.25, 0.3) is 11.6 Å². The van der Waals surface area contributed by atoms with Crippen LogP contribution in [0.3, 0.4) is 0 Å². The molecule has 2 aromatic rings. The maximum atomic E-state index is 11.5. The average molecular weight is 392 g/mol. The highest BCUT2D eigenvalue weighted by atomic mass is 32.2. The van der Waals surface area contributed by atoms with E-state index >= 15 is 0 Å². The van der Waals surface area contributed by atoms with Gasteiger partial charge in [-0.1, -0.05) is 18.2 Å². The summed E-state index contributed by atoms with van der Waals surface area (Å²) in [6.07, 6.45) is 5.73. The van der Waals surface area contributed by atoms with Crippen LogP contribution in [0.15, 0.2) is 29.3 Å². The van der Waals surface area contributed by atoms with Crippen molar-refractivity contribution in [2.45, 2.75) is 12.5 Å². The van der Waals surface area contributed by atoms with Gasteiger partial charge in [0.05, 0.1) is 22.6 Å². The van der Waals surface area contributed by atoms with E-state index < -0.39 is 12.0 Å². The number of carbonyl (C=O) groups excluding carboxylic acids is 1. The molecule has 0 bridgehead atoms. The fourth-order valence-electron chi connectivity index (χ4n) is 2.64. The number of hydrogen-bond donors (Lipinski definition) is 1. The van der Waals surface area contributed by atoms with Crippen LogP contribution < -0.4 is 5.11 Å². The second-order valence-corrected chi connectivity index (χ2v) is 8.08. The Morgan fingerprint density at radius 2 is 2.28 bits per heavy atom. The fourth-order valence-corrected chi connectivity index (χ4v) is 4.46. The Hall–Kier alpha value is -1.90. The second kappa shape index (κ2) is 7.55. The minimum absolute atomic E-state index is 0.143. The molecule has 1 N–H and O–H groups in total. The number of carbonyl (C=O) groups is 1. The summed E-state index contributed by atoms with van der Waals surface area (Å²) in [7, 11) is 0. The van der Waals surface area contributed by atoms with Crippen LogP contribution in [0.1, 0.15) is 22.9 Å². The van der Waals surface area contributed by atoms with E-state index in [4.69, 9.17) is 12.2 Å². The van der Waals surface area contributed by atoms with E-state index in [1.54, 1.807) is 12.3 Å². The molecule has 25 heavy (non-hydrogen) atoms. The van der Waals surface area contributed by atoms with Crippen molar-refractivity contribution in [2.24, 2.45) is 4.99 Å². The van der Waals surface area contributed by atoms with Crippen molar-refractivity contribution in [3.05, 3.63) is 38.7 Å². The number of aliphatic carboxylic acids is 1. The summed E-state index contributed by atoms with van der Waals surface area (Å²) < 4.78 is 1.58. The smallest absolute Gasteiger partial charge is 0.211 e. The third-order valence-corrected chi connectivity index (χ3v) is 5.85. The second-order valence-electron chi connectivity index (χ2n) is 5.42. The molecule has 1 aliphatic heterocycles. The highest BCUT2D eigenvalue weighted by Crippen LogP contribution is 2.37. The van der Waals surface area contributed by atoms with Crippen LogP contribution in [-0.2, 0) is 4.79 Å². The van der Waals surface area contributed by atoms with E-state index in [2.05, 4.69) is 4.99 Å². The quantitative estimate of drug-likeness (QED) is 0.765. The van der Waals surface area contributed by atoms with Crippen molar-refractivity contribution in [1.82, 2.24) is 4.57 Å². The molecule has 0 saturated carbocycles. The van der Waals surface area contributed by atoms with Crippen LogP contribution in [0, 0.1) is 3.95 Å². The zero-order chi connectivity index (χ0) is 18.0. The third kappa shape index (κ3) is 3.56. The van der Waals surface area contributed by atoms with Crippen LogP contribution in [-0.4, -0.2) is 33.9 Å². The summed E-state index contributed by atoms with van der Waals surface area (Å²) in [4.78, 5) is 16.3. The van der Waals surface area contributed by atoms with Crippen molar-refractivity contribution < 1.29 is 15.0 Å². The van der Waals surface area contributed by atoms with Crippen LogP contribution in [0.2, 0.25) is 0 Å². The predicted molar refractivity (Wildman–Crippen MR) is 104 cm³/mol. The lowest BCUT2D eigenvalue weighted by atomic mass is 10.1. The average Bonchev–Trinajstić information content (AvgIpc) is 3.11.